The molecule has 1 aromatic rings. The van der Waals surface area contributed by atoms with E-state index in [0.717, 1.165) is 5.56 Å². The van der Waals surface area contributed by atoms with Crippen LogP contribution < -0.4 is 5.32 Å². The van der Waals surface area contributed by atoms with Gasteiger partial charge in [0.25, 0.3) is 0 Å². The Bertz CT molecular complexity index is 720. The number of morpholine rings is 1. The molecule has 0 aromatic heterocycles. The lowest BCUT2D eigenvalue weighted by Crippen LogP contribution is -2.70. The lowest BCUT2D eigenvalue weighted by molar-refractivity contribution is -0.152. The largest absolute Gasteiger partial charge is 0.378 e. The number of rotatable bonds is 2. The van der Waals surface area contributed by atoms with Gasteiger partial charge in [0.15, 0.2) is 0 Å². The van der Waals surface area contributed by atoms with E-state index in [1.807, 2.05) is 30.3 Å². The van der Waals surface area contributed by atoms with E-state index in [2.05, 4.69) is 5.32 Å². The normalized spacial score (nSPS) is 25.9. The van der Waals surface area contributed by atoms with Crippen LogP contribution in [0.3, 0.4) is 0 Å². The van der Waals surface area contributed by atoms with Gasteiger partial charge in [0.05, 0.1) is 19.8 Å². The molecule has 27 heavy (non-hydrogen) atoms. The van der Waals surface area contributed by atoms with Crippen LogP contribution in [0.1, 0.15) is 5.56 Å². The second-order valence-corrected chi connectivity index (χ2v) is 7.13. The lowest BCUT2D eigenvalue weighted by Gasteiger charge is -2.46. The Morgan fingerprint density at radius 3 is 2.52 bits per heavy atom. The van der Waals surface area contributed by atoms with Gasteiger partial charge in [0, 0.05) is 32.6 Å². The van der Waals surface area contributed by atoms with Gasteiger partial charge < -0.3 is 24.8 Å². The van der Waals surface area contributed by atoms with Gasteiger partial charge in [-0.3, -0.25) is 9.59 Å². The smallest absolute Gasteiger partial charge is 0.320 e. The number of nitrogens with zero attached hydrogens (tertiary/aromatic N) is 3. The standard InChI is InChI=1S/C19H24N4O4/c24-17-16-13-22(19(26)21-8-10-27-11-9-21)6-7-23(16)18(25)15(20-17)12-14-4-2-1-3-5-14/h1-5,15-16H,6-13H2,(H,20,24)/t15-,16-/m1/s1. The number of ether oxygens (including phenoxy) is 1. The first-order chi connectivity index (χ1) is 13.1. The topological polar surface area (TPSA) is 82.2 Å². The number of carbonyl (C=O) groups is 3. The van der Waals surface area contributed by atoms with Crippen LogP contribution in [0.5, 0.6) is 0 Å². The first kappa shape index (κ1) is 17.8. The van der Waals surface area contributed by atoms with Gasteiger partial charge in [-0.25, -0.2) is 4.79 Å². The Morgan fingerprint density at radius 2 is 1.78 bits per heavy atom. The zero-order valence-corrected chi connectivity index (χ0v) is 15.2. The van der Waals surface area contributed by atoms with Crippen LogP contribution in [0.2, 0.25) is 0 Å². The molecule has 3 aliphatic heterocycles. The highest BCUT2D eigenvalue weighted by molar-refractivity contribution is 5.97. The predicted molar refractivity (Wildman–Crippen MR) is 96.9 cm³/mol. The molecule has 3 saturated heterocycles. The van der Waals surface area contributed by atoms with E-state index in [1.54, 1.807) is 14.7 Å². The van der Waals surface area contributed by atoms with Gasteiger partial charge in [-0.1, -0.05) is 30.3 Å². The van der Waals surface area contributed by atoms with E-state index in [-0.39, 0.29) is 24.4 Å². The van der Waals surface area contributed by atoms with Crippen molar-refractivity contribution in [3.63, 3.8) is 0 Å². The van der Waals surface area contributed by atoms with Gasteiger partial charge >= 0.3 is 6.03 Å². The summed E-state index contributed by atoms with van der Waals surface area (Å²) < 4.78 is 5.29. The fraction of sp³-hybridized carbons (Fsp3) is 0.526. The summed E-state index contributed by atoms with van der Waals surface area (Å²) in [5, 5.41) is 2.85. The molecule has 3 heterocycles. The number of urea groups is 1. The van der Waals surface area contributed by atoms with E-state index in [4.69, 9.17) is 4.74 Å². The number of amides is 4. The highest BCUT2D eigenvalue weighted by Gasteiger charge is 2.44. The lowest BCUT2D eigenvalue weighted by atomic mass is 9.99. The van der Waals surface area contributed by atoms with Crippen molar-refractivity contribution in [1.82, 2.24) is 20.0 Å². The second kappa shape index (κ2) is 7.56. The fourth-order valence-electron chi connectivity index (χ4n) is 3.92. The maximum Gasteiger partial charge on any atom is 0.320 e. The Morgan fingerprint density at radius 1 is 1.04 bits per heavy atom. The number of fused-ring (bicyclic) bond motifs is 1. The summed E-state index contributed by atoms with van der Waals surface area (Å²) in [7, 11) is 0. The van der Waals surface area contributed by atoms with Crippen molar-refractivity contribution in [3.05, 3.63) is 35.9 Å². The molecule has 0 saturated carbocycles. The SMILES string of the molecule is O=C1N[C@H](Cc2ccccc2)C(=O)N2CCN(C(=O)N3CCOCC3)C[C@H]12. The summed E-state index contributed by atoms with van der Waals surface area (Å²) >= 11 is 0. The third-order valence-electron chi connectivity index (χ3n) is 5.42. The quantitative estimate of drug-likeness (QED) is 0.772. The minimum atomic E-state index is -0.608. The number of hydrogen-bond acceptors (Lipinski definition) is 4. The fourth-order valence-corrected chi connectivity index (χ4v) is 3.92. The maximum absolute atomic E-state index is 12.9. The molecule has 0 radical (unpaired) electrons. The van der Waals surface area contributed by atoms with Crippen LogP contribution in [0, 0.1) is 0 Å². The predicted octanol–water partition coefficient (Wildman–Crippen LogP) is -0.307. The number of hydrogen-bond donors (Lipinski definition) is 1. The van der Waals surface area contributed by atoms with E-state index in [9.17, 15) is 14.4 Å². The average Bonchev–Trinajstić information content (AvgIpc) is 2.72. The molecule has 1 N–H and O–H groups in total. The molecule has 3 fully saturated rings. The zero-order chi connectivity index (χ0) is 18.8. The monoisotopic (exact) mass is 372 g/mol. The highest BCUT2D eigenvalue weighted by Crippen LogP contribution is 2.19. The van der Waals surface area contributed by atoms with E-state index < -0.39 is 12.1 Å². The Hall–Kier alpha value is -2.61. The van der Waals surface area contributed by atoms with Crippen LogP contribution in [-0.2, 0) is 20.7 Å². The van der Waals surface area contributed by atoms with Crippen LogP contribution in [0.15, 0.2) is 30.3 Å². The molecule has 8 nitrogen and oxygen atoms in total. The molecule has 4 rings (SSSR count). The minimum Gasteiger partial charge on any atom is -0.378 e. The van der Waals surface area contributed by atoms with Gasteiger partial charge in [0.1, 0.15) is 12.1 Å². The number of piperazine rings is 2. The molecule has 8 heteroatoms. The molecular formula is C19H24N4O4. The molecule has 2 atom stereocenters. The van der Waals surface area contributed by atoms with Gasteiger partial charge in [-0.2, -0.15) is 0 Å². The third kappa shape index (κ3) is 3.62. The average molecular weight is 372 g/mol. The summed E-state index contributed by atoms with van der Waals surface area (Å²) in [6, 6.07) is 8.43. The van der Waals surface area contributed by atoms with Crippen molar-refractivity contribution in [2.75, 3.05) is 45.9 Å². The van der Waals surface area contributed by atoms with Crippen molar-refractivity contribution in [1.29, 1.82) is 0 Å². The molecule has 0 bridgehead atoms. The first-order valence-electron chi connectivity index (χ1n) is 9.40. The van der Waals surface area contributed by atoms with Gasteiger partial charge in [-0.05, 0) is 5.56 Å². The molecule has 1 aromatic carbocycles. The molecule has 0 aliphatic carbocycles. The Kier molecular flexibility index (Phi) is 4.98. The van der Waals surface area contributed by atoms with Crippen molar-refractivity contribution < 1.29 is 19.1 Å². The highest BCUT2D eigenvalue weighted by atomic mass is 16.5. The molecule has 3 aliphatic rings. The third-order valence-corrected chi connectivity index (χ3v) is 5.42. The van der Waals surface area contributed by atoms with Gasteiger partial charge in [-0.15, -0.1) is 0 Å². The zero-order valence-electron chi connectivity index (χ0n) is 15.2. The van der Waals surface area contributed by atoms with Crippen molar-refractivity contribution in [2.45, 2.75) is 18.5 Å². The van der Waals surface area contributed by atoms with Crippen molar-refractivity contribution >= 4 is 17.8 Å². The Balaban J connectivity index is 1.41. The van der Waals surface area contributed by atoms with Crippen molar-refractivity contribution in [2.24, 2.45) is 0 Å². The van der Waals surface area contributed by atoms with Crippen LogP contribution in [0.4, 0.5) is 4.79 Å². The van der Waals surface area contributed by atoms with Crippen LogP contribution in [0.25, 0.3) is 0 Å². The summed E-state index contributed by atoms with van der Waals surface area (Å²) in [5.74, 6) is -0.253. The summed E-state index contributed by atoms with van der Waals surface area (Å²) in [6.07, 6.45) is 0.477. The summed E-state index contributed by atoms with van der Waals surface area (Å²) in [4.78, 5) is 43.3. The first-order valence-corrected chi connectivity index (χ1v) is 9.40. The van der Waals surface area contributed by atoms with E-state index in [1.165, 1.54) is 0 Å². The second-order valence-electron chi connectivity index (χ2n) is 7.13. The van der Waals surface area contributed by atoms with E-state index in [0.29, 0.717) is 45.8 Å². The molecular weight excluding hydrogens is 348 g/mol. The van der Waals surface area contributed by atoms with Gasteiger partial charge in [0.2, 0.25) is 11.8 Å². The van der Waals surface area contributed by atoms with Crippen LogP contribution >= 0.6 is 0 Å². The van der Waals surface area contributed by atoms with E-state index >= 15 is 0 Å². The molecule has 0 spiro atoms. The van der Waals surface area contributed by atoms with Crippen molar-refractivity contribution in [3.8, 4) is 0 Å². The molecule has 144 valence electrons. The molecule has 4 amide bonds. The maximum atomic E-state index is 12.9. The Labute approximate surface area is 158 Å². The summed E-state index contributed by atoms with van der Waals surface area (Å²) in [5.41, 5.74) is 1.01. The number of nitrogens with one attached hydrogen (secondary N) is 1. The minimum absolute atomic E-state index is 0.0677. The molecule has 0 unspecified atom stereocenters. The van der Waals surface area contributed by atoms with Crippen LogP contribution in [-0.4, -0.2) is 90.6 Å². The summed E-state index contributed by atoms with van der Waals surface area (Å²) in [6.45, 7) is 3.28. The number of carbonyl (C=O) groups excluding carboxylic acids is 3. The number of benzene rings is 1.